The van der Waals surface area contributed by atoms with E-state index in [-0.39, 0.29) is 0 Å². The van der Waals surface area contributed by atoms with Crippen molar-refractivity contribution in [1.82, 2.24) is 14.8 Å². The van der Waals surface area contributed by atoms with Crippen LogP contribution < -0.4 is 5.73 Å². The largest absolute Gasteiger partial charge is 0.398 e. The van der Waals surface area contributed by atoms with E-state index in [4.69, 9.17) is 5.73 Å². The molecule has 0 unspecified atom stereocenters. The fraction of sp³-hybridized carbons (Fsp3) is 0.385. The maximum Gasteiger partial charge on any atom is 0.166 e. The quantitative estimate of drug-likeness (QED) is 0.807. The zero-order valence-electron chi connectivity index (χ0n) is 10.7. The number of nitrogen functional groups attached to an aromatic ring is 1. The van der Waals surface area contributed by atoms with Crippen molar-refractivity contribution in [3.63, 3.8) is 0 Å². The van der Waals surface area contributed by atoms with Gasteiger partial charge >= 0.3 is 0 Å². The van der Waals surface area contributed by atoms with Gasteiger partial charge in [0.25, 0.3) is 0 Å². The van der Waals surface area contributed by atoms with Gasteiger partial charge in [-0.3, -0.25) is 0 Å². The molecule has 0 saturated carbocycles. The summed E-state index contributed by atoms with van der Waals surface area (Å²) in [4.78, 5) is 0. The van der Waals surface area contributed by atoms with Crippen molar-refractivity contribution in [2.45, 2.75) is 33.7 Å². The second-order valence-electron chi connectivity index (χ2n) is 4.63. The molecule has 0 aliphatic carbocycles. The van der Waals surface area contributed by atoms with E-state index in [1.54, 1.807) is 0 Å². The van der Waals surface area contributed by atoms with Crippen molar-refractivity contribution in [2.24, 2.45) is 0 Å². The van der Waals surface area contributed by atoms with Gasteiger partial charge in [0.05, 0.1) is 0 Å². The van der Waals surface area contributed by atoms with Crippen LogP contribution in [0.4, 0.5) is 5.69 Å². The lowest BCUT2D eigenvalue weighted by atomic mass is 10.1. The summed E-state index contributed by atoms with van der Waals surface area (Å²) in [7, 11) is 0. The van der Waals surface area contributed by atoms with Gasteiger partial charge in [0.1, 0.15) is 5.82 Å². The Balaban J connectivity index is 2.64. The smallest absolute Gasteiger partial charge is 0.166 e. The molecular formula is C13H18N4. The average molecular weight is 230 g/mol. The lowest BCUT2D eigenvalue weighted by molar-refractivity contribution is 0.588. The standard InChI is InChI=1S/C13H18N4/c1-8(2)17-10(4)15-16-13(17)11-7-9(3)5-6-12(11)14/h5-8H,14H2,1-4H3. The van der Waals surface area contributed by atoms with Gasteiger partial charge in [-0.05, 0) is 39.8 Å². The van der Waals surface area contributed by atoms with E-state index >= 15 is 0 Å². The average Bonchev–Trinajstić information content (AvgIpc) is 2.64. The molecule has 0 saturated heterocycles. The summed E-state index contributed by atoms with van der Waals surface area (Å²) in [6.45, 7) is 8.24. The summed E-state index contributed by atoms with van der Waals surface area (Å²) in [5.74, 6) is 1.76. The van der Waals surface area contributed by atoms with Crippen LogP contribution in [0.3, 0.4) is 0 Å². The minimum absolute atomic E-state index is 0.319. The Morgan fingerprint density at radius 3 is 2.53 bits per heavy atom. The van der Waals surface area contributed by atoms with Gasteiger partial charge in [0.2, 0.25) is 0 Å². The Hall–Kier alpha value is -1.84. The minimum Gasteiger partial charge on any atom is -0.398 e. The van der Waals surface area contributed by atoms with E-state index in [9.17, 15) is 0 Å². The SMILES string of the molecule is Cc1ccc(N)c(-c2nnc(C)n2C(C)C)c1. The Morgan fingerprint density at radius 1 is 1.18 bits per heavy atom. The molecule has 1 aromatic heterocycles. The molecule has 0 fully saturated rings. The third kappa shape index (κ3) is 2.02. The number of anilines is 1. The summed E-state index contributed by atoms with van der Waals surface area (Å²) < 4.78 is 2.10. The molecule has 0 amide bonds. The van der Waals surface area contributed by atoms with Crippen molar-refractivity contribution in [2.75, 3.05) is 5.73 Å². The van der Waals surface area contributed by atoms with Gasteiger partial charge in [-0.2, -0.15) is 0 Å². The summed E-state index contributed by atoms with van der Waals surface area (Å²) in [6.07, 6.45) is 0. The zero-order chi connectivity index (χ0) is 12.6. The van der Waals surface area contributed by atoms with E-state index in [0.29, 0.717) is 6.04 Å². The predicted molar refractivity (Wildman–Crippen MR) is 69.7 cm³/mol. The molecule has 0 radical (unpaired) electrons. The van der Waals surface area contributed by atoms with E-state index in [2.05, 4.69) is 34.7 Å². The highest BCUT2D eigenvalue weighted by Crippen LogP contribution is 2.27. The van der Waals surface area contributed by atoms with Gasteiger partial charge in [0.15, 0.2) is 5.82 Å². The molecule has 4 heteroatoms. The molecule has 2 N–H and O–H groups in total. The van der Waals surface area contributed by atoms with Crippen LogP contribution in [-0.2, 0) is 0 Å². The summed E-state index contributed by atoms with van der Waals surface area (Å²) in [6, 6.07) is 6.29. The molecule has 0 atom stereocenters. The fourth-order valence-corrected chi connectivity index (χ4v) is 2.03. The molecule has 0 bridgehead atoms. The third-order valence-electron chi connectivity index (χ3n) is 2.83. The van der Waals surface area contributed by atoms with Gasteiger partial charge in [-0.15, -0.1) is 10.2 Å². The van der Waals surface area contributed by atoms with Crippen molar-refractivity contribution in [1.29, 1.82) is 0 Å². The van der Waals surface area contributed by atoms with Crippen LogP contribution in [-0.4, -0.2) is 14.8 Å². The molecule has 90 valence electrons. The molecule has 1 aromatic carbocycles. The van der Waals surface area contributed by atoms with E-state index < -0.39 is 0 Å². The van der Waals surface area contributed by atoms with Crippen molar-refractivity contribution >= 4 is 5.69 Å². The number of hydrogen-bond acceptors (Lipinski definition) is 3. The Bertz CT molecular complexity index is 540. The highest BCUT2D eigenvalue weighted by atomic mass is 15.3. The number of aromatic nitrogens is 3. The molecule has 0 aliphatic heterocycles. The lowest BCUT2D eigenvalue weighted by Gasteiger charge is -2.13. The first kappa shape index (κ1) is 11.6. The maximum absolute atomic E-state index is 6.02. The third-order valence-corrected chi connectivity index (χ3v) is 2.83. The summed E-state index contributed by atoms with van der Waals surface area (Å²) in [5, 5.41) is 8.38. The van der Waals surface area contributed by atoms with Crippen LogP contribution in [0.1, 0.15) is 31.3 Å². The molecular weight excluding hydrogens is 212 g/mol. The summed E-state index contributed by atoms with van der Waals surface area (Å²) >= 11 is 0. The number of rotatable bonds is 2. The highest BCUT2D eigenvalue weighted by molar-refractivity contribution is 5.72. The monoisotopic (exact) mass is 230 g/mol. The number of nitrogens with zero attached hydrogens (tertiary/aromatic N) is 3. The molecule has 2 aromatic rings. The van der Waals surface area contributed by atoms with Gasteiger partial charge in [0, 0.05) is 17.3 Å². The van der Waals surface area contributed by atoms with Crippen LogP contribution >= 0.6 is 0 Å². The van der Waals surface area contributed by atoms with Crippen LogP contribution in [0.2, 0.25) is 0 Å². The summed E-state index contributed by atoms with van der Waals surface area (Å²) in [5.41, 5.74) is 8.89. The number of aryl methyl sites for hydroxylation is 2. The zero-order valence-corrected chi connectivity index (χ0v) is 10.7. The Morgan fingerprint density at radius 2 is 1.88 bits per heavy atom. The van der Waals surface area contributed by atoms with Crippen molar-refractivity contribution in [3.8, 4) is 11.4 Å². The molecule has 1 heterocycles. The van der Waals surface area contributed by atoms with Crippen LogP contribution in [0.15, 0.2) is 18.2 Å². The first-order valence-corrected chi connectivity index (χ1v) is 5.78. The Kier molecular flexibility index (Phi) is 2.88. The number of hydrogen-bond donors (Lipinski definition) is 1. The van der Waals surface area contributed by atoms with Crippen LogP contribution in [0.5, 0.6) is 0 Å². The van der Waals surface area contributed by atoms with E-state index in [0.717, 1.165) is 22.9 Å². The second-order valence-corrected chi connectivity index (χ2v) is 4.63. The van der Waals surface area contributed by atoms with Gasteiger partial charge in [-0.25, -0.2) is 0 Å². The minimum atomic E-state index is 0.319. The second kappa shape index (κ2) is 4.20. The van der Waals surface area contributed by atoms with Crippen LogP contribution in [0.25, 0.3) is 11.4 Å². The van der Waals surface area contributed by atoms with Gasteiger partial charge < -0.3 is 10.3 Å². The molecule has 2 rings (SSSR count). The first-order valence-electron chi connectivity index (χ1n) is 5.78. The van der Waals surface area contributed by atoms with Crippen molar-refractivity contribution in [3.05, 3.63) is 29.6 Å². The topological polar surface area (TPSA) is 56.7 Å². The van der Waals surface area contributed by atoms with Crippen LogP contribution in [0, 0.1) is 13.8 Å². The first-order chi connectivity index (χ1) is 8.00. The Labute approximate surface area is 101 Å². The fourth-order valence-electron chi connectivity index (χ4n) is 2.03. The number of benzene rings is 1. The number of nitrogens with two attached hydrogens (primary N) is 1. The lowest BCUT2D eigenvalue weighted by Crippen LogP contribution is -2.06. The van der Waals surface area contributed by atoms with Crippen molar-refractivity contribution < 1.29 is 0 Å². The molecule has 0 spiro atoms. The normalized spacial score (nSPS) is 11.1. The molecule has 17 heavy (non-hydrogen) atoms. The predicted octanol–water partition coefficient (Wildman–Crippen LogP) is 2.73. The molecule has 4 nitrogen and oxygen atoms in total. The van der Waals surface area contributed by atoms with E-state index in [1.807, 2.05) is 26.0 Å². The maximum atomic E-state index is 6.02. The van der Waals surface area contributed by atoms with E-state index in [1.165, 1.54) is 5.56 Å². The molecule has 0 aliphatic rings. The highest BCUT2D eigenvalue weighted by Gasteiger charge is 2.15. The van der Waals surface area contributed by atoms with Gasteiger partial charge in [-0.1, -0.05) is 11.6 Å².